The fraction of sp³-hybridized carbons (Fsp3) is 0.350. The number of amides is 2. The molecule has 0 aliphatic carbocycles. The highest BCUT2D eigenvalue weighted by molar-refractivity contribution is 5.73. The summed E-state index contributed by atoms with van der Waals surface area (Å²) in [6.07, 6.45) is 3.67. The van der Waals surface area contributed by atoms with Gasteiger partial charge in [-0.1, -0.05) is 30.3 Å². The largest absolute Gasteiger partial charge is 0.356 e. The third kappa shape index (κ3) is 4.73. The highest BCUT2D eigenvalue weighted by Crippen LogP contribution is 2.23. The van der Waals surface area contributed by atoms with Crippen molar-refractivity contribution >= 4 is 11.8 Å². The summed E-state index contributed by atoms with van der Waals surface area (Å²) >= 11 is 0. The molecular weight excluding hydrogens is 326 g/mol. The molecule has 1 aromatic carbocycles. The Kier molecular flexibility index (Phi) is 6.05. The van der Waals surface area contributed by atoms with Crippen LogP contribution in [0.2, 0.25) is 0 Å². The average molecular weight is 349 g/mol. The molecular formula is C20H23N5O. The van der Waals surface area contributed by atoms with Crippen LogP contribution in [-0.2, 0) is 6.54 Å². The van der Waals surface area contributed by atoms with Crippen LogP contribution < -0.4 is 15.5 Å². The fourth-order valence-corrected chi connectivity index (χ4v) is 3.16. The van der Waals surface area contributed by atoms with E-state index in [-0.39, 0.29) is 6.03 Å². The van der Waals surface area contributed by atoms with Crippen molar-refractivity contribution in [2.45, 2.75) is 19.4 Å². The van der Waals surface area contributed by atoms with Crippen molar-refractivity contribution in [3.8, 4) is 6.07 Å². The highest BCUT2D eigenvalue weighted by Gasteiger charge is 2.22. The summed E-state index contributed by atoms with van der Waals surface area (Å²) in [5.41, 5.74) is 1.70. The van der Waals surface area contributed by atoms with Crippen LogP contribution in [0.4, 0.5) is 10.6 Å². The minimum Gasteiger partial charge on any atom is -0.356 e. The van der Waals surface area contributed by atoms with Crippen LogP contribution in [0.25, 0.3) is 0 Å². The van der Waals surface area contributed by atoms with Gasteiger partial charge in [0.2, 0.25) is 0 Å². The number of rotatable bonds is 5. The molecule has 2 N–H and O–H groups in total. The molecule has 0 unspecified atom stereocenters. The Morgan fingerprint density at radius 1 is 1.15 bits per heavy atom. The Morgan fingerprint density at radius 2 is 1.92 bits per heavy atom. The lowest BCUT2D eigenvalue weighted by molar-refractivity contribution is 0.237. The molecule has 3 rings (SSSR count). The lowest BCUT2D eigenvalue weighted by Crippen LogP contribution is -2.42. The van der Waals surface area contributed by atoms with Gasteiger partial charge in [0.15, 0.2) is 0 Å². The smallest absolute Gasteiger partial charge is 0.315 e. The fourth-order valence-electron chi connectivity index (χ4n) is 3.16. The van der Waals surface area contributed by atoms with E-state index in [0.29, 0.717) is 24.6 Å². The topological polar surface area (TPSA) is 81.1 Å². The van der Waals surface area contributed by atoms with Gasteiger partial charge in [-0.3, -0.25) is 0 Å². The van der Waals surface area contributed by atoms with Gasteiger partial charge in [-0.15, -0.1) is 0 Å². The van der Waals surface area contributed by atoms with Gasteiger partial charge in [-0.05, 0) is 36.5 Å². The number of urea groups is 1. The van der Waals surface area contributed by atoms with Crippen molar-refractivity contribution in [2.24, 2.45) is 5.92 Å². The van der Waals surface area contributed by atoms with E-state index in [1.165, 1.54) is 0 Å². The van der Waals surface area contributed by atoms with Gasteiger partial charge < -0.3 is 15.5 Å². The molecule has 134 valence electrons. The van der Waals surface area contributed by atoms with E-state index >= 15 is 0 Å². The van der Waals surface area contributed by atoms with Gasteiger partial charge in [0.1, 0.15) is 11.9 Å². The van der Waals surface area contributed by atoms with Crippen LogP contribution in [0, 0.1) is 17.2 Å². The molecule has 0 saturated carbocycles. The number of anilines is 1. The molecule has 0 atom stereocenters. The van der Waals surface area contributed by atoms with Crippen LogP contribution in [0.15, 0.2) is 48.7 Å². The van der Waals surface area contributed by atoms with E-state index in [2.05, 4.69) is 26.6 Å². The number of aromatic nitrogens is 1. The van der Waals surface area contributed by atoms with Gasteiger partial charge in [-0.25, -0.2) is 9.78 Å². The normalized spacial score (nSPS) is 14.5. The van der Waals surface area contributed by atoms with Crippen LogP contribution in [0.3, 0.4) is 0 Å². The standard InChI is InChI=1S/C20H23N5O/c21-13-18-7-4-10-22-19(18)25-11-8-17(9-12-25)15-24-20(26)23-14-16-5-2-1-3-6-16/h1-7,10,17H,8-9,11-12,14-15H2,(H2,23,24,26). The molecule has 6 heteroatoms. The third-order valence-corrected chi connectivity index (χ3v) is 4.67. The number of benzene rings is 1. The predicted octanol–water partition coefficient (Wildman–Crippen LogP) is 2.67. The van der Waals surface area contributed by atoms with Gasteiger partial charge in [0, 0.05) is 32.4 Å². The predicted molar refractivity (Wildman–Crippen MR) is 101 cm³/mol. The average Bonchev–Trinajstić information content (AvgIpc) is 2.72. The molecule has 1 saturated heterocycles. The summed E-state index contributed by atoms with van der Waals surface area (Å²) in [7, 11) is 0. The van der Waals surface area contributed by atoms with Crippen molar-refractivity contribution in [1.29, 1.82) is 5.26 Å². The lowest BCUT2D eigenvalue weighted by atomic mass is 9.96. The molecule has 0 bridgehead atoms. The first-order valence-electron chi connectivity index (χ1n) is 8.92. The number of nitrogens with one attached hydrogen (secondary N) is 2. The molecule has 26 heavy (non-hydrogen) atoms. The summed E-state index contributed by atoms with van der Waals surface area (Å²) in [6.45, 7) is 2.90. The van der Waals surface area contributed by atoms with Crippen molar-refractivity contribution in [1.82, 2.24) is 15.6 Å². The third-order valence-electron chi connectivity index (χ3n) is 4.67. The summed E-state index contributed by atoms with van der Waals surface area (Å²) in [4.78, 5) is 18.5. The maximum absolute atomic E-state index is 11.9. The van der Waals surface area contributed by atoms with Gasteiger partial charge >= 0.3 is 6.03 Å². The number of hydrogen-bond donors (Lipinski definition) is 2. The number of carbonyl (C=O) groups excluding carboxylic acids is 1. The quantitative estimate of drug-likeness (QED) is 0.869. The zero-order valence-corrected chi connectivity index (χ0v) is 14.7. The van der Waals surface area contributed by atoms with Crippen molar-refractivity contribution in [2.75, 3.05) is 24.5 Å². The molecule has 2 heterocycles. The molecule has 1 aliphatic rings. The van der Waals surface area contributed by atoms with E-state index < -0.39 is 0 Å². The number of piperidine rings is 1. The Balaban J connectivity index is 1.40. The minimum absolute atomic E-state index is 0.132. The number of pyridine rings is 1. The molecule has 1 fully saturated rings. The first-order valence-corrected chi connectivity index (χ1v) is 8.92. The first-order chi connectivity index (χ1) is 12.8. The Labute approximate surface area is 153 Å². The van der Waals surface area contributed by atoms with Crippen LogP contribution >= 0.6 is 0 Å². The van der Waals surface area contributed by atoms with Crippen LogP contribution in [-0.4, -0.2) is 30.6 Å². The second-order valence-corrected chi connectivity index (χ2v) is 6.47. The SMILES string of the molecule is N#Cc1cccnc1N1CCC(CNC(=O)NCc2ccccc2)CC1. The second-order valence-electron chi connectivity index (χ2n) is 6.47. The molecule has 1 aliphatic heterocycles. The van der Waals surface area contributed by atoms with Crippen molar-refractivity contribution in [3.63, 3.8) is 0 Å². The van der Waals surface area contributed by atoms with Crippen molar-refractivity contribution in [3.05, 3.63) is 59.8 Å². The summed E-state index contributed by atoms with van der Waals surface area (Å²) in [5.74, 6) is 1.21. The summed E-state index contributed by atoms with van der Waals surface area (Å²) in [5, 5.41) is 15.1. The monoisotopic (exact) mass is 349 g/mol. The molecule has 2 amide bonds. The van der Waals surface area contributed by atoms with E-state index in [1.807, 2.05) is 30.3 Å². The van der Waals surface area contributed by atoms with Gasteiger partial charge in [-0.2, -0.15) is 5.26 Å². The Hall–Kier alpha value is -3.07. The number of nitrogens with zero attached hydrogens (tertiary/aromatic N) is 3. The maximum Gasteiger partial charge on any atom is 0.315 e. The van der Waals surface area contributed by atoms with Crippen LogP contribution in [0.1, 0.15) is 24.0 Å². The van der Waals surface area contributed by atoms with Crippen LogP contribution in [0.5, 0.6) is 0 Å². The van der Waals surface area contributed by atoms with E-state index in [0.717, 1.165) is 37.3 Å². The molecule has 2 aromatic rings. The first kappa shape index (κ1) is 17.7. The minimum atomic E-state index is -0.132. The number of nitriles is 1. The van der Waals surface area contributed by atoms with E-state index in [1.54, 1.807) is 18.3 Å². The number of carbonyl (C=O) groups is 1. The maximum atomic E-state index is 11.9. The molecule has 0 radical (unpaired) electrons. The van der Waals surface area contributed by atoms with Gasteiger partial charge in [0.05, 0.1) is 5.56 Å². The molecule has 6 nitrogen and oxygen atoms in total. The Bertz CT molecular complexity index is 763. The Morgan fingerprint density at radius 3 is 2.65 bits per heavy atom. The zero-order chi connectivity index (χ0) is 18.2. The molecule has 1 aromatic heterocycles. The van der Waals surface area contributed by atoms with E-state index in [9.17, 15) is 10.1 Å². The highest BCUT2D eigenvalue weighted by atomic mass is 16.2. The van der Waals surface area contributed by atoms with E-state index in [4.69, 9.17) is 0 Å². The van der Waals surface area contributed by atoms with Gasteiger partial charge in [0.25, 0.3) is 0 Å². The summed E-state index contributed by atoms with van der Waals surface area (Å²) in [6, 6.07) is 15.5. The molecule has 0 spiro atoms. The number of hydrogen-bond acceptors (Lipinski definition) is 4. The second kappa shape index (κ2) is 8.86. The lowest BCUT2D eigenvalue weighted by Gasteiger charge is -2.33. The van der Waals surface area contributed by atoms with Crippen molar-refractivity contribution < 1.29 is 4.79 Å². The zero-order valence-electron chi connectivity index (χ0n) is 14.7. The summed E-state index contributed by atoms with van der Waals surface area (Å²) < 4.78 is 0.